The number of ether oxygens (including phenoxy) is 3. The van der Waals surface area contributed by atoms with Crippen molar-refractivity contribution in [2.75, 3.05) is 26.9 Å². The van der Waals surface area contributed by atoms with Crippen LogP contribution in [0.3, 0.4) is 0 Å². The van der Waals surface area contributed by atoms with Gasteiger partial charge in [0.1, 0.15) is 6.61 Å². The topological polar surface area (TPSA) is 89.5 Å². The number of hydrogen-bond acceptors (Lipinski definition) is 6. The maximum Gasteiger partial charge on any atom is 0.416 e. The first kappa shape index (κ1) is 28.4. The van der Waals surface area contributed by atoms with E-state index in [2.05, 4.69) is 4.98 Å². The Labute approximate surface area is 225 Å². The number of fused-ring (bicyclic) bond motifs is 1. The normalized spacial score (nSPS) is 11.8. The van der Waals surface area contributed by atoms with Crippen LogP contribution in [0.2, 0.25) is 5.02 Å². The Morgan fingerprint density at radius 1 is 0.974 bits per heavy atom. The van der Waals surface area contributed by atoms with Crippen molar-refractivity contribution in [3.8, 4) is 6.01 Å². The molecule has 0 saturated carbocycles. The van der Waals surface area contributed by atoms with Crippen molar-refractivity contribution in [1.82, 2.24) is 18.7 Å². The third-order valence-corrected chi connectivity index (χ3v) is 6.22. The van der Waals surface area contributed by atoms with Crippen LogP contribution in [0.1, 0.15) is 16.7 Å². The van der Waals surface area contributed by atoms with Gasteiger partial charge in [0.15, 0.2) is 11.2 Å². The van der Waals surface area contributed by atoms with E-state index >= 15 is 0 Å². The lowest BCUT2D eigenvalue weighted by molar-refractivity contribution is -0.137. The molecule has 0 unspecified atom stereocenters. The highest BCUT2D eigenvalue weighted by Crippen LogP contribution is 2.30. The molecular formula is C26H26ClF3N4O5. The number of aromatic nitrogens is 4. The monoisotopic (exact) mass is 566 g/mol. The second-order valence-corrected chi connectivity index (χ2v) is 9.11. The Bertz CT molecular complexity index is 1560. The van der Waals surface area contributed by atoms with Gasteiger partial charge in [0.25, 0.3) is 11.6 Å². The summed E-state index contributed by atoms with van der Waals surface area (Å²) in [7, 11) is 3.01. The van der Waals surface area contributed by atoms with Crippen LogP contribution in [0.25, 0.3) is 11.2 Å². The van der Waals surface area contributed by atoms with E-state index < -0.39 is 23.0 Å². The van der Waals surface area contributed by atoms with Crippen molar-refractivity contribution in [3.05, 3.63) is 91.1 Å². The average Bonchev–Trinajstić information content (AvgIpc) is 3.27. The molecule has 2 aromatic carbocycles. The summed E-state index contributed by atoms with van der Waals surface area (Å²) in [4.78, 5) is 30.9. The van der Waals surface area contributed by atoms with Crippen LogP contribution in [-0.4, -0.2) is 45.6 Å². The molecule has 0 N–H and O–H groups in total. The van der Waals surface area contributed by atoms with E-state index in [0.717, 1.165) is 22.3 Å². The zero-order valence-electron chi connectivity index (χ0n) is 21.2. The zero-order valence-corrected chi connectivity index (χ0v) is 22.0. The summed E-state index contributed by atoms with van der Waals surface area (Å²) < 4.78 is 59.5. The number of halogens is 4. The molecule has 2 heterocycles. The number of imidazole rings is 1. The van der Waals surface area contributed by atoms with E-state index in [4.69, 9.17) is 25.8 Å². The number of hydrogen-bond donors (Lipinski definition) is 0. The van der Waals surface area contributed by atoms with Gasteiger partial charge >= 0.3 is 11.9 Å². The largest absolute Gasteiger partial charge is 0.460 e. The zero-order chi connectivity index (χ0) is 28.2. The standard InChI is InChI=1S/C26H26ClF3N4O5/c1-32-22-21(23(35)33(25(32)36)10-11-38-13-12-37-2)34(15-17-6-8-20(27)9-7-17)24(31-22)39-16-18-4-3-5-19(14-18)26(28,29)30/h3-9,14H,10-13,15-16H2,1-2H3. The van der Waals surface area contributed by atoms with Crippen LogP contribution >= 0.6 is 11.6 Å². The number of benzene rings is 2. The van der Waals surface area contributed by atoms with Crippen LogP contribution < -0.4 is 16.0 Å². The van der Waals surface area contributed by atoms with E-state index in [1.807, 2.05) is 0 Å². The summed E-state index contributed by atoms with van der Waals surface area (Å²) in [5, 5.41) is 0.522. The van der Waals surface area contributed by atoms with Gasteiger partial charge < -0.3 is 14.2 Å². The third kappa shape index (κ3) is 6.52. The van der Waals surface area contributed by atoms with Gasteiger partial charge in [0.05, 0.1) is 38.5 Å². The lowest BCUT2D eigenvalue weighted by Crippen LogP contribution is -2.40. The molecule has 2 aromatic heterocycles. The highest BCUT2D eigenvalue weighted by molar-refractivity contribution is 6.30. The van der Waals surface area contributed by atoms with Crippen molar-refractivity contribution in [3.63, 3.8) is 0 Å². The van der Waals surface area contributed by atoms with Crippen molar-refractivity contribution in [2.24, 2.45) is 7.05 Å². The second-order valence-electron chi connectivity index (χ2n) is 8.67. The molecule has 0 aliphatic rings. The number of nitrogens with zero attached hydrogens (tertiary/aromatic N) is 4. The van der Waals surface area contributed by atoms with Crippen molar-refractivity contribution in [1.29, 1.82) is 0 Å². The smallest absolute Gasteiger partial charge is 0.416 e. The molecule has 0 aliphatic carbocycles. The Morgan fingerprint density at radius 3 is 2.41 bits per heavy atom. The molecule has 0 spiro atoms. The predicted molar refractivity (Wildman–Crippen MR) is 138 cm³/mol. The molecule has 4 aromatic rings. The predicted octanol–water partition coefficient (Wildman–Crippen LogP) is 3.86. The van der Waals surface area contributed by atoms with Gasteiger partial charge in [-0.05, 0) is 35.4 Å². The van der Waals surface area contributed by atoms with Gasteiger partial charge in [-0.3, -0.25) is 18.5 Å². The molecule has 0 amide bonds. The molecule has 0 bridgehead atoms. The minimum absolute atomic E-state index is 0.00227. The SMILES string of the molecule is COCCOCCn1c(=O)c2c(nc(OCc3cccc(C(F)(F)F)c3)n2Cc2ccc(Cl)cc2)n(C)c1=O. The summed E-state index contributed by atoms with van der Waals surface area (Å²) in [6.07, 6.45) is -4.51. The maximum atomic E-state index is 13.5. The lowest BCUT2D eigenvalue weighted by atomic mass is 10.1. The summed E-state index contributed by atoms with van der Waals surface area (Å²) in [5.41, 5.74) is -0.809. The van der Waals surface area contributed by atoms with E-state index in [0.29, 0.717) is 18.2 Å². The Morgan fingerprint density at radius 2 is 1.72 bits per heavy atom. The highest BCUT2D eigenvalue weighted by atomic mass is 35.5. The fraction of sp³-hybridized carbons (Fsp3) is 0.346. The summed E-state index contributed by atoms with van der Waals surface area (Å²) in [5.74, 6) is 0. The molecule has 0 fully saturated rings. The molecule has 39 heavy (non-hydrogen) atoms. The van der Waals surface area contributed by atoms with Gasteiger partial charge in [0, 0.05) is 19.2 Å². The molecular weight excluding hydrogens is 541 g/mol. The van der Waals surface area contributed by atoms with Gasteiger partial charge in [-0.1, -0.05) is 35.9 Å². The lowest BCUT2D eigenvalue weighted by Gasteiger charge is -2.12. The van der Waals surface area contributed by atoms with E-state index in [9.17, 15) is 22.8 Å². The number of rotatable bonds is 11. The molecule has 9 nitrogen and oxygen atoms in total. The van der Waals surface area contributed by atoms with Crippen LogP contribution in [0.15, 0.2) is 58.1 Å². The first-order valence-corrected chi connectivity index (χ1v) is 12.3. The highest BCUT2D eigenvalue weighted by Gasteiger charge is 2.30. The molecule has 0 radical (unpaired) electrons. The molecule has 0 aliphatic heterocycles. The number of alkyl halides is 3. The van der Waals surface area contributed by atoms with Crippen LogP contribution in [0.5, 0.6) is 6.01 Å². The van der Waals surface area contributed by atoms with Crippen LogP contribution in [-0.2, 0) is 42.4 Å². The fourth-order valence-electron chi connectivity index (χ4n) is 3.96. The molecule has 208 valence electrons. The summed E-state index contributed by atoms with van der Waals surface area (Å²) in [6.45, 7) is 0.654. The quantitative estimate of drug-likeness (QED) is 0.256. The van der Waals surface area contributed by atoms with Gasteiger partial charge in [-0.15, -0.1) is 0 Å². The van der Waals surface area contributed by atoms with Crippen molar-refractivity contribution in [2.45, 2.75) is 25.9 Å². The number of aryl methyl sites for hydroxylation is 1. The van der Waals surface area contributed by atoms with Gasteiger partial charge in [-0.25, -0.2) is 4.79 Å². The average molecular weight is 567 g/mol. The second kappa shape index (κ2) is 12.1. The maximum absolute atomic E-state index is 13.5. The third-order valence-electron chi connectivity index (χ3n) is 5.96. The Balaban J connectivity index is 1.75. The molecule has 0 saturated heterocycles. The summed E-state index contributed by atoms with van der Waals surface area (Å²) in [6, 6.07) is 11.6. The Kier molecular flexibility index (Phi) is 8.78. The van der Waals surface area contributed by atoms with Gasteiger partial charge in [0.2, 0.25) is 0 Å². The summed E-state index contributed by atoms with van der Waals surface area (Å²) >= 11 is 6.01. The molecule has 0 atom stereocenters. The van der Waals surface area contributed by atoms with E-state index in [1.54, 1.807) is 24.3 Å². The molecule has 13 heteroatoms. The van der Waals surface area contributed by atoms with Gasteiger partial charge in [-0.2, -0.15) is 18.2 Å². The minimum atomic E-state index is -4.51. The fourth-order valence-corrected chi connectivity index (χ4v) is 4.09. The first-order valence-electron chi connectivity index (χ1n) is 11.9. The molecule has 4 rings (SSSR count). The van der Waals surface area contributed by atoms with E-state index in [1.165, 1.54) is 35.4 Å². The van der Waals surface area contributed by atoms with Crippen LogP contribution in [0, 0.1) is 0 Å². The number of methoxy groups -OCH3 is 1. The first-order chi connectivity index (χ1) is 18.6. The van der Waals surface area contributed by atoms with Crippen molar-refractivity contribution >= 4 is 22.8 Å². The van der Waals surface area contributed by atoms with E-state index in [-0.39, 0.29) is 49.0 Å². The Hall–Kier alpha value is -3.61. The van der Waals surface area contributed by atoms with Crippen LogP contribution in [0.4, 0.5) is 13.2 Å². The minimum Gasteiger partial charge on any atom is -0.460 e. The van der Waals surface area contributed by atoms with Crippen molar-refractivity contribution < 1.29 is 27.4 Å².